The fourth-order valence-corrected chi connectivity index (χ4v) is 4.72. The van der Waals surface area contributed by atoms with E-state index in [1.165, 1.54) is 0 Å². The fourth-order valence-electron chi connectivity index (χ4n) is 4.72. The van der Waals surface area contributed by atoms with Crippen molar-refractivity contribution in [3.8, 4) is 0 Å². The van der Waals surface area contributed by atoms with Crippen molar-refractivity contribution < 1.29 is 47.9 Å². The number of hydrogen-bond donors (Lipinski definition) is 3. The molecule has 1 aliphatic rings. The largest absolute Gasteiger partial charge is 1.00 e. The van der Waals surface area contributed by atoms with Gasteiger partial charge in [-0.1, -0.05) is 74.5 Å². The van der Waals surface area contributed by atoms with Crippen molar-refractivity contribution in [1.82, 2.24) is 20.9 Å². The van der Waals surface area contributed by atoms with Gasteiger partial charge < -0.3 is 30.6 Å². The van der Waals surface area contributed by atoms with Gasteiger partial charge in [-0.2, -0.15) is 0 Å². The SMILES string of the molecule is CC(C)C[C@H](NC(=O)C(CCc1ccccc1)NC(=O)CN1CCOCC1)C(=O)NC(Cc1ccccc1)C(=O)[O-].[Li+]. The summed E-state index contributed by atoms with van der Waals surface area (Å²) < 4.78 is 5.35. The molecule has 42 heavy (non-hydrogen) atoms. The first-order valence-electron chi connectivity index (χ1n) is 14.2. The molecule has 2 aromatic carbocycles. The smallest absolute Gasteiger partial charge is 0.548 e. The number of carbonyl (C=O) groups is 4. The summed E-state index contributed by atoms with van der Waals surface area (Å²) >= 11 is 0. The molecule has 0 spiro atoms. The molecule has 1 heterocycles. The molecule has 2 unspecified atom stereocenters. The molecular formula is C31H41LiN4O6. The number of benzene rings is 2. The van der Waals surface area contributed by atoms with Crippen LogP contribution >= 0.6 is 0 Å². The summed E-state index contributed by atoms with van der Waals surface area (Å²) in [4.78, 5) is 53.5. The maximum atomic E-state index is 13.5. The first-order valence-corrected chi connectivity index (χ1v) is 14.2. The van der Waals surface area contributed by atoms with Gasteiger partial charge in [-0.3, -0.25) is 19.3 Å². The van der Waals surface area contributed by atoms with Gasteiger partial charge in [0.15, 0.2) is 0 Å². The van der Waals surface area contributed by atoms with Crippen LogP contribution in [0.2, 0.25) is 0 Å². The molecule has 222 valence electrons. The number of morpholine rings is 1. The number of rotatable bonds is 15. The molecule has 3 N–H and O–H groups in total. The number of carbonyl (C=O) groups excluding carboxylic acids is 4. The third-order valence-corrected chi connectivity index (χ3v) is 6.91. The second kappa shape index (κ2) is 18.4. The van der Waals surface area contributed by atoms with Crippen molar-refractivity contribution in [2.24, 2.45) is 5.92 Å². The minimum absolute atomic E-state index is 0. The van der Waals surface area contributed by atoms with E-state index in [1.54, 1.807) is 24.3 Å². The van der Waals surface area contributed by atoms with Crippen LogP contribution in [0.15, 0.2) is 60.7 Å². The Balaban J connectivity index is 0.00000616. The number of nitrogens with zero attached hydrogens (tertiary/aromatic N) is 1. The van der Waals surface area contributed by atoms with Crippen LogP contribution in [-0.4, -0.2) is 79.6 Å². The quantitative estimate of drug-likeness (QED) is 0.200. The topological polar surface area (TPSA) is 140 Å². The summed E-state index contributed by atoms with van der Waals surface area (Å²) in [6.07, 6.45) is 1.21. The number of aryl methyl sites for hydroxylation is 1. The molecule has 3 atom stereocenters. The maximum absolute atomic E-state index is 13.5. The van der Waals surface area contributed by atoms with E-state index in [9.17, 15) is 24.3 Å². The van der Waals surface area contributed by atoms with Gasteiger partial charge in [-0.15, -0.1) is 0 Å². The summed E-state index contributed by atoms with van der Waals surface area (Å²) in [5, 5.41) is 20.0. The van der Waals surface area contributed by atoms with Crippen molar-refractivity contribution in [3.63, 3.8) is 0 Å². The maximum Gasteiger partial charge on any atom is 1.00 e. The Bertz CT molecular complexity index is 1130. The van der Waals surface area contributed by atoms with Crippen LogP contribution in [0.5, 0.6) is 0 Å². The van der Waals surface area contributed by atoms with Gasteiger partial charge in [0.05, 0.1) is 31.8 Å². The van der Waals surface area contributed by atoms with Crippen LogP contribution in [0.3, 0.4) is 0 Å². The Morgan fingerprint density at radius 3 is 1.93 bits per heavy atom. The molecule has 0 bridgehead atoms. The predicted molar refractivity (Wildman–Crippen MR) is 152 cm³/mol. The van der Waals surface area contributed by atoms with E-state index in [0.717, 1.165) is 11.1 Å². The molecule has 0 aliphatic carbocycles. The number of ether oxygens (including phenoxy) is 1. The number of carboxylic acid groups (broad SMARTS) is 1. The number of amides is 3. The summed E-state index contributed by atoms with van der Waals surface area (Å²) in [6, 6.07) is 15.4. The predicted octanol–water partition coefficient (Wildman–Crippen LogP) is -2.55. The summed E-state index contributed by atoms with van der Waals surface area (Å²) in [7, 11) is 0. The Morgan fingerprint density at radius 2 is 1.36 bits per heavy atom. The molecule has 1 saturated heterocycles. The normalized spacial score (nSPS) is 15.5. The van der Waals surface area contributed by atoms with Crippen molar-refractivity contribution in [1.29, 1.82) is 0 Å². The first kappa shape index (κ1) is 35.0. The summed E-state index contributed by atoms with van der Waals surface area (Å²) in [5.74, 6) is -2.78. The van der Waals surface area contributed by atoms with Crippen molar-refractivity contribution in [2.75, 3.05) is 32.8 Å². The summed E-state index contributed by atoms with van der Waals surface area (Å²) in [6.45, 7) is 6.32. The van der Waals surface area contributed by atoms with Gasteiger partial charge in [-0.25, -0.2) is 0 Å². The van der Waals surface area contributed by atoms with Crippen molar-refractivity contribution in [3.05, 3.63) is 71.8 Å². The average molecular weight is 573 g/mol. The molecule has 1 aliphatic heterocycles. The zero-order valence-electron chi connectivity index (χ0n) is 24.8. The van der Waals surface area contributed by atoms with E-state index < -0.39 is 35.9 Å². The minimum Gasteiger partial charge on any atom is -0.548 e. The number of aliphatic carboxylic acids is 1. The molecule has 11 heteroatoms. The Kier molecular flexibility index (Phi) is 15.3. The average Bonchev–Trinajstić information content (AvgIpc) is 2.95. The van der Waals surface area contributed by atoms with Crippen molar-refractivity contribution >= 4 is 23.7 Å². The molecular weight excluding hydrogens is 531 g/mol. The van der Waals surface area contributed by atoms with E-state index in [4.69, 9.17) is 4.74 Å². The van der Waals surface area contributed by atoms with Crippen LogP contribution in [0.4, 0.5) is 0 Å². The van der Waals surface area contributed by atoms with E-state index in [0.29, 0.717) is 39.1 Å². The van der Waals surface area contributed by atoms with Crippen LogP contribution in [0.25, 0.3) is 0 Å². The first-order chi connectivity index (χ1) is 19.7. The fraction of sp³-hybridized carbons (Fsp3) is 0.484. The van der Waals surface area contributed by atoms with E-state index in [2.05, 4.69) is 16.0 Å². The van der Waals surface area contributed by atoms with Crippen LogP contribution in [-0.2, 0) is 36.8 Å². The van der Waals surface area contributed by atoms with Crippen molar-refractivity contribution in [2.45, 2.75) is 57.7 Å². The number of nitrogens with one attached hydrogen (secondary N) is 3. The summed E-state index contributed by atoms with van der Waals surface area (Å²) in [5.41, 5.74) is 1.75. The van der Waals surface area contributed by atoms with E-state index >= 15 is 0 Å². The third kappa shape index (κ3) is 12.4. The third-order valence-electron chi connectivity index (χ3n) is 6.91. The van der Waals surface area contributed by atoms with Gasteiger partial charge in [0.25, 0.3) is 0 Å². The Hall–Kier alpha value is -3.16. The zero-order valence-corrected chi connectivity index (χ0v) is 24.8. The van der Waals surface area contributed by atoms with Gasteiger partial charge >= 0.3 is 18.9 Å². The second-order valence-electron chi connectivity index (χ2n) is 10.8. The molecule has 0 radical (unpaired) electrons. The monoisotopic (exact) mass is 572 g/mol. The molecule has 1 fully saturated rings. The number of hydrogen-bond acceptors (Lipinski definition) is 7. The van der Waals surface area contributed by atoms with Gasteiger partial charge in [0.1, 0.15) is 12.1 Å². The Morgan fingerprint density at radius 1 is 0.810 bits per heavy atom. The molecule has 2 aromatic rings. The van der Waals surface area contributed by atoms with Crippen LogP contribution < -0.4 is 39.9 Å². The standard InChI is InChI=1S/C31H42N4O6.Li/c1-22(2)19-26(30(38)34-27(31(39)40)20-24-11-7-4-8-12-24)33-29(37)25(14-13-23-9-5-3-6-10-23)32-28(36)21-35-15-17-41-18-16-35;/h3-12,22,25-27H,13-21H2,1-2H3,(H,32,36)(H,33,37)(H,34,38)(H,39,40);/q;+1/p-1/t25?,26-,27?;/m0./s1. The van der Waals surface area contributed by atoms with E-state index in [1.807, 2.05) is 55.1 Å². The van der Waals surface area contributed by atoms with Crippen LogP contribution in [0.1, 0.15) is 37.8 Å². The Labute approximate surface area is 260 Å². The molecule has 3 amide bonds. The van der Waals surface area contributed by atoms with Gasteiger partial charge in [-0.05, 0) is 42.7 Å². The zero-order chi connectivity index (χ0) is 29.6. The number of carboxylic acids is 1. The van der Waals surface area contributed by atoms with Crippen LogP contribution in [0, 0.1) is 5.92 Å². The van der Waals surface area contributed by atoms with Gasteiger partial charge in [0, 0.05) is 13.1 Å². The second-order valence-corrected chi connectivity index (χ2v) is 10.8. The minimum atomic E-state index is -1.41. The van der Waals surface area contributed by atoms with Gasteiger partial charge in [0.2, 0.25) is 17.7 Å². The molecule has 0 aromatic heterocycles. The van der Waals surface area contributed by atoms with E-state index in [-0.39, 0.29) is 50.1 Å². The molecule has 10 nitrogen and oxygen atoms in total. The molecule has 3 rings (SSSR count). The molecule has 0 saturated carbocycles.